The highest BCUT2D eigenvalue weighted by Gasteiger charge is 2.45. The summed E-state index contributed by atoms with van der Waals surface area (Å²) in [6.07, 6.45) is 13.2. The number of nitrogen functional groups attached to an aromatic ring is 1. The molecule has 6 atom stereocenters. The van der Waals surface area contributed by atoms with E-state index in [1.54, 1.807) is 28.4 Å². The molecule has 20 heteroatoms. The van der Waals surface area contributed by atoms with Crippen LogP contribution in [0.2, 0.25) is 0 Å². The summed E-state index contributed by atoms with van der Waals surface area (Å²) in [5.74, 6) is 3.21. The highest BCUT2D eigenvalue weighted by molar-refractivity contribution is 7.13. The van der Waals surface area contributed by atoms with Crippen LogP contribution in [-0.2, 0) is 9.59 Å². The van der Waals surface area contributed by atoms with Crippen LogP contribution in [0.15, 0.2) is 89.0 Å². The maximum atomic E-state index is 14.5. The number of likely N-dealkylation sites (tertiary alicyclic amines) is 3. The fraction of sp³-hybridized carbons (Fsp3) is 0.567. The van der Waals surface area contributed by atoms with Gasteiger partial charge in [0.15, 0.2) is 17.4 Å². The molecule has 1 saturated carbocycles. The number of benzene rings is 2. The SMILES string of the molecule is Cc1ncsc1-c1ccc([C@H](C)NC(=O)[C@@H]2C[C@@H](O)CN2C(=O)[C@H](c2cc(N3CCC4(CCN(CC5CCN(CC6CC(Oc7cc(N8CC9CCC8CN(c8cc(-c%10ccccc%10O)nnc8N)C9)ccn7)C6)CC5)CC4)CC3)no2)C(C)C)cc1. The molecule has 19 nitrogen and oxygen atoms in total. The number of aromatic nitrogens is 5. The number of nitrogens with two attached hydrogens (primary N) is 1. The number of pyridine rings is 1. The van der Waals surface area contributed by atoms with Crippen LogP contribution in [-0.4, -0.2) is 165 Å². The molecule has 4 aromatic heterocycles. The molecular weight excluding hydrogens is 1110 g/mol. The zero-order valence-corrected chi connectivity index (χ0v) is 51.9. The van der Waals surface area contributed by atoms with Crippen LogP contribution in [0.3, 0.4) is 0 Å². The first-order valence-electron chi connectivity index (χ1n) is 32.2. The number of anilines is 4. The highest BCUT2D eigenvalue weighted by atomic mass is 32.1. The fourth-order valence-electron chi connectivity index (χ4n) is 15.5. The topological polar surface area (TPSA) is 219 Å². The number of phenolic OH excluding ortho intramolecular Hbond substituents is 1. The number of nitrogens with zero attached hydrogens (tertiary/aromatic N) is 11. The zero-order valence-electron chi connectivity index (χ0n) is 51.1. The molecule has 11 heterocycles. The van der Waals surface area contributed by atoms with E-state index >= 15 is 0 Å². The third-order valence-electron chi connectivity index (χ3n) is 20.8. The number of fused-ring (bicyclic) bond motifs is 4. The number of aliphatic hydroxyl groups excluding tert-OH is 1. The van der Waals surface area contributed by atoms with Crippen molar-refractivity contribution >= 4 is 46.2 Å². The minimum Gasteiger partial charge on any atom is -0.507 e. The van der Waals surface area contributed by atoms with Gasteiger partial charge in [-0.3, -0.25) is 9.59 Å². The van der Waals surface area contributed by atoms with Gasteiger partial charge in [-0.05, 0) is 169 Å². The standard InChI is InChI=1S/C67H87N13O6S/c1-42(2)62(66(84)80-40-52(81)32-57(80)65(83)71-43(3)48-10-12-49(13-11-48)63-44(4)70-41-87-63)59-34-60(74-86-59)77-27-20-67(21-28-77)18-25-76(26-19-67)35-45-16-23-75(24-17-45)36-47-29-53(30-47)85-61-31-50(15-22-69-61)79-38-46-9-14-51(79)39-78(37-46)56-33-55(72-73-64(56)68)54-7-5-6-8-58(54)82/h5-8,10-13,15,22,31,33-34,41-43,45-47,51-53,57,62,81-82H,9,14,16-21,23-30,32,35-40H2,1-4H3,(H2,68,73)(H,71,83)/t43-,46?,47?,51?,52+,53?,57-,62-/m0/s1. The van der Waals surface area contributed by atoms with Gasteiger partial charge >= 0.3 is 0 Å². The van der Waals surface area contributed by atoms with Crippen molar-refractivity contribution < 1.29 is 29.1 Å². The van der Waals surface area contributed by atoms with Crippen molar-refractivity contribution in [2.75, 3.05) is 99.0 Å². The number of hydrogen-bond acceptors (Lipinski definition) is 18. The van der Waals surface area contributed by atoms with Crippen molar-refractivity contribution in [3.63, 3.8) is 0 Å². The Kier molecular flexibility index (Phi) is 17.2. The number of para-hydroxylation sites is 1. The number of hydrogen-bond donors (Lipinski definition) is 4. The van der Waals surface area contributed by atoms with Crippen molar-refractivity contribution in [1.29, 1.82) is 0 Å². The van der Waals surface area contributed by atoms with Gasteiger partial charge in [0.1, 0.15) is 23.8 Å². The van der Waals surface area contributed by atoms with E-state index < -0.39 is 18.1 Å². The van der Waals surface area contributed by atoms with Crippen molar-refractivity contribution in [1.82, 2.24) is 45.3 Å². The van der Waals surface area contributed by atoms with E-state index in [-0.39, 0.29) is 48.6 Å². The highest BCUT2D eigenvalue weighted by Crippen LogP contribution is 2.44. The van der Waals surface area contributed by atoms with E-state index in [0.29, 0.717) is 46.1 Å². The first-order valence-corrected chi connectivity index (χ1v) is 33.1. The number of aliphatic hydroxyl groups is 1. The Balaban J connectivity index is 0.525. The Morgan fingerprint density at radius 2 is 1.56 bits per heavy atom. The van der Waals surface area contributed by atoms with Gasteiger partial charge in [0, 0.05) is 94.4 Å². The molecule has 0 radical (unpaired) electrons. The van der Waals surface area contributed by atoms with E-state index in [0.717, 1.165) is 128 Å². The van der Waals surface area contributed by atoms with Crippen molar-refractivity contribution in [2.24, 2.45) is 29.1 Å². The van der Waals surface area contributed by atoms with Crippen LogP contribution < -0.4 is 30.5 Å². The Morgan fingerprint density at radius 1 is 0.816 bits per heavy atom. The number of phenols is 1. The number of thiazole rings is 1. The lowest BCUT2D eigenvalue weighted by atomic mass is 9.71. The summed E-state index contributed by atoms with van der Waals surface area (Å²) in [7, 11) is 0. The van der Waals surface area contributed by atoms with E-state index in [2.05, 4.69) is 79.4 Å². The van der Waals surface area contributed by atoms with Crippen LogP contribution in [0, 0.1) is 36.0 Å². The molecule has 2 aromatic carbocycles. The van der Waals surface area contributed by atoms with Crippen LogP contribution in [0.25, 0.3) is 21.7 Å². The minimum absolute atomic E-state index is 0.0954. The second kappa shape index (κ2) is 25.3. The van der Waals surface area contributed by atoms with Crippen molar-refractivity contribution in [2.45, 2.75) is 135 Å². The molecule has 1 aliphatic carbocycles. The first kappa shape index (κ1) is 59.1. The number of nitrogens with one attached hydrogen (secondary N) is 1. The smallest absolute Gasteiger partial charge is 0.243 e. The molecule has 462 valence electrons. The third-order valence-corrected chi connectivity index (χ3v) is 21.7. The molecule has 5 N–H and O–H groups in total. The maximum Gasteiger partial charge on any atom is 0.243 e. The summed E-state index contributed by atoms with van der Waals surface area (Å²) in [5.41, 5.74) is 15.0. The number of carbonyl (C=O) groups is 2. The molecule has 2 amide bonds. The number of piperidine rings is 4. The van der Waals surface area contributed by atoms with Gasteiger partial charge in [-0.25, -0.2) is 9.97 Å². The molecule has 8 fully saturated rings. The lowest BCUT2D eigenvalue weighted by molar-refractivity contribution is -0.141. The fourth-order valence-corrected chi connectivity index (χ4v) is 16.3. The number of aryl methyl sites for hydroxylation is 1. The van der Waals surface area contributed by atoms with E-state index in [9.17, 15) is 19.8 Å². The van der Waals surface area contributed by atoms with E-state index in [1.807, 2.05) is 75.8 Å². The summed E-state index contributed by atoms with van der Waals surface area (Å²) >= 11 is 1.61. The minimum atomic E-state index is -0.794. The zero-order chi connectivity index (χ0) is 59.9. The Hall–Kier alpha value is -6.87. The van der Waals surface area contributed by atoms with E-state index in [4.69, 9.17) is 15.0 Å². The summed E-state index contributed by atoms with van der Waals surface area (Å²) in [6.45, 7) is 19.6. The molecule has 1 spiro atoms. The molecule has 7 saturated heterocycles. The number of carbonyl (C=O) groups excluding carboxylic acids is 2. The summed E-state index contributed by atoms with van der Waals surface area (Å²) in [5, 5.41) is 37.7. The third kappa shape index (κ3) is 12.9. The lowest BCUT2D eigenvalue weighted by Gasteiger charge is -2.47. The van der Waals surface area contributed by atoms with Gasteiger partial charge in [-0.1, -0.05) is 55.4 Å². The van der Waals surface area contributed by atoms with Gasteiger partial charge < -0.3 is 59.9 Å². The number of amides is 2. The van der Waals surface area contributed by atoms with Gasteiger partial charge in [0.2, 0.25) is 17.7 Å². The maximum absolute atomic E-state index is 14.5. The molecule has 87 heavy (non-hydrogen) atoms. The summed E-state index contributed by atoms with van der Waals surface area (Å²) < 4.78 is 12.6. The second-order valence-electron chi connectivity index (χ2n) is 27.0. The summed E-state index contributed by atoms with van der Waals surface area (Å²) in [6, 6.07) is 22.8. The molecule has 2 bridgehead atoms. The second-order valence-corrected chi connectivity index (χ2v) is 27.8. The van der Waals surface area contributed by atoms with Crippen LogP contribution in [0.4, 0.5) is 23.0 Å². The average Bonchev–Trinajstić information content (AvgIpc) is 2.10. The van der Waals surface area contributed by atoms with E-state index in [1.165, 1.54) is 58.4 Å². The first-order chi connectivity index (χ1) is 42.2. The van der Waals surface area contributed by atoms with Crippen LogP contribution in [0.1, 0.15) is 120 Å². The quantitative estimate of drug-likeness (QED) is 0.0669. The van der Waals surface area contributed by atoms with Crippen molar-refractivity contribution in [3.8, 4) is 33.3 Å². The number of ether oxygens (including phenoxy) is 1. The summed E-state index contributed by atoms with van der Waals surface area (Å²) in [4.78, 5) is 52.8. The van der Waals surface area contributed by atoms with Gasteiger partial charge in [-0.2, -0.15) is 0 Å². The van der Waals surface area contributed by atoms with Gasteiger partial charge in [-0.15, -0.1) is 21.5 Å². The number of rotatable bonds is 17. The van der Waals surface area contributed by atoms with Crippen molar-refractivity contribution in [3.05, 3.63) is 102 Å². The normalized spacial score (nSPS) is 25.2. The monoisotopic (exact) mass is 1200 g/mol. The molecule has 7 aliphatic heterocycles. The number of β-amino-alcohol motifs (C(OH)–C–C–N with tert-alkyl or cyclic N) is 1. The lowest BCUT2D eigenvalue weighted by Crippen LogP contribution is -2.49. The van der Waals surface area contributed by atoms with Gasteiger partial charge in [0.25, 0.3) is 0 Å². The Bertz CT molecular complexity index is 3340. The molecular formula is C67H87N13O6S. The largest absolute Gasteiger partial charge is 0.507 e. The average molecular weight is 1200 g/mol. The molecule has 6 aromatic rings. The molecule has 14 rings (SSSR count). The Labute approximate surface area is 515 Å². The number of aromatic hydroxyl groups is 1. The predicted molar refractivity (Wildman–Crippen MR) is 339 cm³/mol. The van der Waals surface area contributed by atoms with Crippen LogP contribution in [0.5, 0.6) is 11.6 Å². The molecule has 2 unspecified atom stereocenters. The predicted octanol–water partition coefficient (Wildman–Crippen LogP) is 9.18. The molecule has 8 aliphatic rings. The van der Waals surface area contributed by atoms with Gasteiger partial charge in [0.05, 0.1) is 39.6 Å². The van der Waals surface area contributed by atoms with Crippen LogP contribution >= 0.6 is 11.3 Å². The Morgan fingerprint density at radius 3 is 2.31 bits per heavy atom.